The number of rotatable bonds is 6. The van der Waals surface area contributed by atoms with Crippen LogP contribution in [0.15, 0.2) is 66.7 Å². The Kier molecular flexibility index (Phi) is 6.09. The Bertz CT molecular complexity index is 1020. The van der Waals surface area contributed by atoms with E-state index in [4.69, 9.17) is 9.47 Å². The molecule has 0 bridgehead atoms. The first-order chi connectivity index (χ1) is 14.0. The van der Waals surface area contributed by atoms with Crippen LogP contribution in [0.25, 0.3) is 0 Å². The van der Waals surface area contributed by atoms with Crippen LogP contribution in [0, 0.1) is 5.82 Å². The van der Waals surface area contributed by atoms with E-state index >= 15 is 0 Å². The number of carbonyl (C=O) groups excluding carboxylic acids is 2. The predicted molar refractivity (Wildman–Crippen MR) is 108 cm³/mol. The Balaban J connectivity index is 1.67. The van der Waals surface area contributed by atoms with Crippen molar-refractivity contribution in [2.24, 2.45) is 0 Å². The van der Waals surface area contributed by atoms with Crippen molar-refractivity contribution in [1.29, 1.82) is 0 Å². The lowest BCUT2D eigenvalue weighted by molar-refractivity contribution is 0.101. The second-order valence-electron chi connectivity index (χ2n) is 6.06. The third-order valence-electron chi connectivity index (χ3n) is 4.15. The molecule has 0 spiro atoms. The molecule has 3 aromatic rings. The molecule has 0 saturated heterocycles. The summed E-state index contributed by atoms with van der Waals surface area (Å²) in [7, 11) is 3.04. The zero-order chi connectivity index (χ0) is 20.8. The van der Waals surface area contributed by atoms with Crippen molar-refractivity contribution in [2.45, 2.75) is 0 Å². The number of halogens is 1. The summed E-state index contributed by atoms with van der Waals surface area (Å²) >= 11 is 0. The van der Waals surface area contributed by atoms with Crippen LogP contribution in [0.3, 0.4) is 0 Å². The van der Waals surface area contributed by atoms with E-state index in [-0.39, 0.29) is 17.6 Å². The summed E-state index contributed by atoms with van der Waals surface area (Å²) in [5, 5.41) is 5.43. The first kappa shape index (κ1) is 19.9. The van der Waals surface area contributed by atoms with Gasteiger partial charge >= 0.3 is 0 Å². The number of anilines is 2. The zero-order valence-electron chi connectivity index (χ0n) is 15.9. The van der Waals surface area contributed by atoms with Gasteiger partial charge < -0.3 is 20.1 Å². The van der Waals surface area contributed by atoms with Crippen LogP contribution in [0.1, 0.15) is 20.7 Å². The van der Waals surface area contributed by atoms with Crippen LogP contribution in [0.4, 0.5) is 15.8 Å². The van der Waals surface area contributed by atoms with Crippen LogP contribution in [0.5, 0.6) is 11.5 Å². The van der Waals surface area contributed by atoms with E-state index in [2.05, 4.69) is 10.6 Å². The predicted octanol–water partition coefficient (Wildman–Crippen LogP) is 4.35. The van der Waals surface area contributed by atoms with E-state index in [0.29, 0.717) is 34.0 Å². The van der Waals surface area contributed by atoms with Gasteiger partial charge in [0.05, 0.1) is 14.2 Å². The minimum Gasteiger partial charge on any atom is -0.493 e. The van der Waals surface area contributed by atoms with Gasteiger partial charge in [0.25, 0.3) is 11.8 Å². The van der Waals surface area contributed by atoms with Crippen molar-refractivity contribution < 1.29 is 23.5 Å². The molecule has 3 aromatic carbocycles. The monoisotopic (exact) mass is 394 g/mol. The fourth-order valence-electron chi connectivity index (χ4n) is 2.63. The summed E-state index contributed by atoms with van der Waals surface area (Å²) < 4.78 is 23.3. The molecule has 0 unspecified atom stereocenters. The Morgan fingerprint density at radius 3 is 1.69 bits per heavy atom. The topological polar surface area (TPSA) is 76.7 Å². The number of ether oxygens (including phenoxy) is 2. The number of carbonyl (C=O) groups is 2. The summed E-state index contributed by atoms with van der Waals surface area (Å²) in [6.07, 6.45) is 0. The fraction of sp³-hybridized carbons (Fsp3) is 0.0909. The van der Waals surface area contributed by atoms with E-state index in [1.807, 2.05) is 0 Å². The maximum absolute atomic E-state index is 12.9. The highest BCUT2D eigenvalue weighted by atomic mass is 19.1. The summed E-state index contributed by atoms with van der Waals surface area (Å²) in [5.41, 5.74) is 1.78. The molecule has 0 fully saturated rings. The number of benzene rings is 3. The zero-order valence-corrected chi connectivity index (χ0v) is 15.9. The van der Waals surface area contributed by atoms with Gasteiger partial charge in [0.2, 0.25) is 0 Å². The highest BCUT2D eigenvalue weighted by molar-refractivity contribution is 6.07. The highest BCUT2D eigenvalue weighted by Crippen LogP contribution is 2.29. The van der Waals surface area contributed by atoms with E-state index in [0.717, 1.165) is 0 Å². The molecule has 2 N–H and O–H groups in total. The Labute approximate surface area is 167 Å². The molecule has 6 nitrogen and oxygen atoms in total. The van der Waals surface area contributed by atoms with Crippen molar-refractivity contribution in [2.75, 3.05) is 24.9 Å². The van der Waals surface area contributed by atoms with E-state index in [9.17, 15) is 14.0 Å². The molecule has 0 saturated carbocycles. The van der Waals surface area contributed by atoms with Crippen molar-refractivity contribution >= 4 is 23.2 Å². The molecule has 148 valence electrons. The van der Waals surface area contributed by atoms with Gasteiger partial charge in [-0.1, -0.05) is 0 Å². The molecule has 7 heteroatoms. The number of amides is 2. The molecule has 3 rings (SSSR count). The molecule has 0 aliphatic rings. The summed E-state index contributed by atoms with van der Waals surface area (Å²) in [4.78, 5) is 24.7. The van der Waals surface area contributed by atoms with Gasteiger partial charge in [-0.15, -0.1) is 0 Å². The molecule has 2 amide bonds. The molecule has 0 radical (unpaired) electrons. The molecule has 29 heavy (non-hydrogen) atoms. The third-order valence-corrected chi connectivity index (χ3v) is 4.15. The minimum atomic E-state index is -0.382. The standard InChI is InChI=1S/C22H19FN2O4/c1-28-19-12-11-18(13-20(19)29-2)25-22(27)15-5-3-14(4-6-15)21(26)24-17-9-7-16(23)8-10-17/h3-13H,1-2H3,(H,24,26)(H,25,27). The molecule has 0 atom stereocenters. The summed E-state index contributed by atoms with van der Waals surface area (Å²) in [5.74, 6) is -0.0147. The lowest BCUT2D eigenvalue weighted by Gasteiger charge is -2.11. The number of methoxy groups -OCH3 is 2. The van der Waals surface area contributed by atoms with Gasteiger partial charge in [-0.25, -0.2) is 4.39 Å². The molecular weight excluding hydrogens is 375 g/mol. The Hall–Kier alpha value is -3.87. The smallest absolute Gasteiger partial charge is 0.255 e. The average molecular weight is 394 g/mol. The van der Waals surface area contributed by atoms with Crippen molar-refractivity contribution in [1.82, 2.24) is 0 Å². The van der Waals surface area contributed by atoms with Crippen molar-refractivity contribution in [3.05, 3.63) is 83.7 Å². The van der Waals surface area contributed by atoms with Gasteiger partial charge in [0, 0.05) is 28.6 Å². The normalized spacial score (nSPS) is 10.2. The SMILES string of the molecule is COc1ccc(NC(=O)c2ccc(C(=O)Nc3ccc(F)cc3)cc2)cc1OC. The second kappa shape index (κ2) is 8.88. The molecule has 0 aromatic heterocycles. The van der Waals surface area contributed by atoms with Gasteiger partial charge in [-0.05, 0) is 60.7 Å². The number of nitrogens with one attached hydrogen (secondary N) is 2. The van der Waals surface area contributed by atoms with Gasteiger partial charge in [-0.2, -0.15) is 0 Å². The third kappa shape index (κ3) is 4.90. The number of hydrogen-bond donors (Lipinski definition) is 2. The van der Waals surface area contributed by atoms with Gasteiger partial charge in [0.1, 0.15) is 5.82 Å². The highest BCUT2D eigenvalue weighted by Gasteiger charge is 2.11. The van der Waals surface area contributed by atoms with E-state index in [1.165, 1.54) is 38.5 Å². The average Bonchev–Trinajstić information content (AvgIpc) is 2.75. The summed E-state index contributed by atoms with van der Waals surface area (Å²) in [6.45, 7) is 0. The fourth-order valence-corrected chi connectivity index (χ4v) is 2.63. The largest absolute Gasteiger partial charge is 0.493 e. The van der Waals surface area contributed by atoms with Gasteiger partial charge in [0.15, 0.2) is 11.5 Å². The van der Waals surface area contributed by atoms with Crippen LogP contribution in [-0.4, -0.2) is 26.0 Å². The maximum Gasteiger partial charge on any atom is 0.255 e. The first-order valence-electron chi connectivity index (χ1n) is 8.70. The quantitative estimate of drug-likeness (QED) is 0.652. The van der Waals surface area contributed by atoms with E-state index in [1.54, 1.807) is 42.5 Å². The molecule has 0 heterocycles. The van der Waals surface area contributed by atoms with Gasteiger partial charge in [-0.3, -0.25) is 9.59 Å². The Morgan fingerprint density at radius 1 is 0.690 bits per heavy atom. The van der Waals surface area contributed by atoms with E-state index < -0.39 is 0 Å². The minimum absolute atomic E-state index is 0.331. The number of hydrogen-bond acceptors (Lipinski definition) is 4. The summed E-state index contributed by atoms with van der Waals surface area (Å²) in [6, 6.07) is 16.7. The molecule has 0 aliphatic heterocycles. The second-order valence-corrected chi connectivity index (χ2v) is 6.06. The Morgan fingerprint density at radius 2 is 1.17 bits per heavy atom. The lowest BCUT2D eigenvalue weighted by atomic mass is 10.1. The van der Waals surface area contributed by atoms with Crippen LogP contribution >= 0.6 is 0 Å². The first-order valence-corrected chi connectivity index (χ1v) is 8.70. The van der Waals surface area contributed by atoms with Crippen LogP contribution < -0.4 is 20.1 Å². The van der Waals surface area contributed by atoms with Crippen molar-refractivity contribution in [3.63, 3.8) is 0 Å². The maximum atomic E-state index is 12.9. The lowest BCUT2D eigenvalue weighted by Crippen LogP contribution is -2.14. The van der Waals surface area contributed by atoms with Crippen molar-refractivity contribution in [3.8, 4) is 11.5 Å². The molecular formula is C22H19FN2O4. The van der Waals surface area contributed by atoms with Crippen LogP contribution in [0.2, 0.25) is 0 Å². The van der Waals surface area contributed by atoms with Crippen LogP contribution in [-0.2, 0) is 0 Å². The molecule has 0 aliphatic carbocycles.